The van der Waals surface area contributed by atoms with E-state index in [-0.39, 0.29) is 0 Å². The van der Waals surface area contributed by atoms with Crippen LogP contribution in [0.3, 0.4) is 0 Å². The maximum absolute atomic E-state index is 5.41. The van der Waals surface area contributed by atoms with Gasteiger partial charge in [0.1, 0.15) is 5.75 Å². The lowest BCUT2D eigenvalue weighted by Crippen LogP contribution is -1.93. The highest BCUT2D eigenvalue weighted by Crippen LogP contribution is 2.14. The second-order valence-corrected chi connectivity index (χ2v) is 3.35. The molecule has 0 spiro atoms. The van der Waals surface area contributed by atoms with Crippen molar-refractivity contribution in [3.05, 3.63) is 29.8 Å². The monoisotopic (exact) mass is 196 g/mol. The molecule has 0 heterocycles. The molecule has 2 heteroatoms. The van der Waals surface area contributed by atoms with Gasteiger partial charge in [-0.3, -0.25) is 0 Å². The van der Waals surface area contributed by atoms with Crippen LogP contribution in [0.15, 0.2) is 24.3 Å². The van der Waals surface area contributed by atoms with Crippen LogP contribution in [0.25, 0.3) is 0 Å². The summed E-state index contributed by atoms with van der Waals surface area (Å²) < 4.78 is 5.41. The molecule has 0 amide bonds. The number of hydrogen-bond donors (Lipinski definition) is 1. The number of hydrogen-bond acceptors (Lipinski definition) is 2. The minimum Gasteiger partial charge on any atom is -0.494 e. The SMILES string of the molecule is CCOc1cccc(CCCS)c1. The Hall–Kier alpha value is -0.630. The molecule has 0 N–H and O–H groups in total. The number of ether oxygens (including phenoxy) is 1. The van der Waals surface area contributed by atoms with E-state index < -0.39 is 0 Å². The number of thiol groups is 1. The average molecular weight is 196 g/mol. The summed E-state index contributed by atoms with van der Waals surface area (Å²) in [5.41, 5.74) is 1.33. The predicted octanol–water partition coefficient (Wildman–Crippen LogP) is 2.95. The fourth-order valence-electron chi connectivity index (χ4n) is 1.24. The minimum absolute atomic E-state index is 0.732. The van der Waals surface area contributed by atoms with Gasteiger partial charge in [-0.05, 0) is 43.2 Å². The van der Waals surface area contributed by atoms with E-state index in [0.29, 0.717) is 0 Å². The third-order valence-electron chi connectivity index (χ3n) is 1.83. The zero-order chi connectivity index (χ0) is 9.52. The van der Waals surface area contributed by atoms with E-state index in [0.717, 1.165) is 31.0 Å². The zero-order valence-electron chi connectivity index (χ0n) is 7.99. The van der Waals surface area contributed by atoms with Gasteiger partial charge in [0.05, 0.1) is 6.61 Å². The smallest absolute Gasteiger partial charge is 0.119 e. The van der Waals surface area contributed by atoms with Gasteiger partial charge in [0.25, 0.3) is 0 Å². The van der Waals surface area contributed by atoms with Crippen LogP contribution in [0.4, 0.5) is 0 Å². The second kappa shape index (κ2) is 5.92. The quantitative estimate of drug-likeness (QED) is 0.712. The van der Waals surface area contributed by atoms with E-state index >= 15 is 0 Å². The molecule has 13 heavy (non-hydrogen) atoms. The summed E-state index contributed by atoms with van der Waals surface area (Å²) in [5.74, 6) is 1.91. The van der Waals surface area contributed by atoms with Gasteiger partial charge in [-0.15, -0.1) is 0 Å². The molecule has 0 saturated carbocycles. The minimum atomic E-state index is 0.732. The van der Waals surface area contributed by atoms with Gasteiger partial charge in [-0.25, -0.2) is 0 Å². The fraction of sp³-hybridized carbons (Fsp3) is 0.455. The standard InChI is InChI=1S/C11H16OS/c1-2-12-11-7-3-5-10(9-11)6-4-8-13/h3,5,7,9,13H,2,4,6,8H2,1H3. The molecule has 1 rings (SSSR count). The van der Waals surface area contributed by atoms with Crippen molar-refractivity contribution in [3.63, 3.8) is 0 Å². The fourth-order valence-corrected chi connectivity index (χ4v) is 1.40. The topological polar surface area (TPSA) is 9.23 Å². The van der Waals surface area contributed by atoms with E-state index in [2.05, 4.69) is 24.8 Å². The number of benzene rings is 1. The molecule has 72 valence electrons. The Kier molecular flexibility index (Phi) is 4.76. The Bertz CT molecular complexity index is 248. The van der Waals surface area contributed by atoms with Crippen molar-refractivity contribution in [1.82, 2.24) is 0 Å². The molecule has 0 radical (unpaired) electrons. The van der Waals surface area contributed by atoms with Crippen LogP contribution < -0.4 is 4.74 Å². The molecule has 0 aliphatic carbocycles. The van der Waals surface area contributed by atoms with Crippen LogP contribution in [-0.2, 0) is 6.42 Å². The van der Waals surface area contributed by atoms with Crippen LogP contribution in [-0.4, -0.2) is 12.4 Å². The van der Waals surface area contributed by atoms with Gasteiger partial charge in [-0.2, -0.15) is 12.6 Å². The molecule has 0 aliphatic rings. The van der Waals surface area contributed by atoms with Crippen molar-refractivity contribution in [1.29, 1.82) is 0 Å². The van der Waals surface area contributed by atoms with Gasteiger partial charge in [0.2, 0.25) is 0 Å². The van der Waals surface area contributed by atoms with Crippen molar-refractivity contribution >= 4 is 12.6 Å². The van der Waals surface area contributed by atoms with Gasteiger partial charge >= 0.3 is 0 Å². The first-order valence-corrected chi connectivity index (χ1v) is 5.32. The summed E-state index contributed by atoms with van der Waals surface area (Å²) in [6.45, 7) is 2.73. The molecule has 0 aromatic heterocycles. The van der Waals surface area contributed by atoms with Gasteiger partial charge in [0, 0.05) is 0 Å². The van der Waals surface area contributed by atoms with Crippen LogP contribution >= 0.6 is 12.6 Å². The highest BCUT2D eigenvalue weighted by molar-refractivity contribution is 7.80. The van der Waals surface area contributed by atoms with Crippen LogP contribution in [0.5, 0.6) is 5.75 Å². The van der Waals surface area contributed by atoms with Crippen molar-refractivity contribution in [2.75, 3.05) is 12.4 Å². The lowest BCUT2D eigenvalue weighted by molar-refractivity contribution is 0.340. The third-order valence-corrected chi connectivity index (χ3v) is 2.15. The third kappa shape index (κ3) is 3.73. The highest BCUT2D eigenvalue weighted by Gasteiger charge is 1.95. The summed E-state index contributed by atoms with van der Waals surface area (Å²) in [6.07, 6.45) is 2.21. The van der Waals surface area contributed by atoms with Crippen LogP contribution in [0.2, 0.25) is 0 Å². The molecular formula is C11H16OS. The van der Waals surface area contributed by atoms with E-state index in [1.165, 1.54) is 5.56 Å². The van der Waals surface area contributed by atoms with E-state index in [1.54, 1.807) is 0 Å². The number of rotatable bonds is 5. The van der Waals surface area contributed by atoms with Crippen molar-refractivity contribution in [3.8, 4) is 5.75 Å². The van der Waals surface area contributed by atoms with Gasteiger partial charge < -0.3 is 4.74 Å². The Balaban J connectivity index is 2.56. The lowest BCUT2D eigenvalue weighted by atomic mass is 10.1. The molecule has 0 bridgehead atoms. The van der Waals surface area contributed by atoms with E-state index in [9.17, 15) is 0 Å². The summed E-state index contributed by atoms with van der Waals surface area (Å²) >= 11 is 4.19. The maximum Gasteiger partial charge on any atom is 0.119 e. The maximum atomic E-state index is 5.41. The highest BCUT2D eigenvalue weighted by atomic mass is 32.1. The van der Waals surface area contributed by atoms with Crippen molar-refractivity contribution in [2.45, 2.75) is 19.8 Å². The van der Waals surface area contributed by atoms with Crippen molar-refractivity contribution in [2.24, 2.45) is 0 Å². The molecule has 1 nitrogen and oxygen atoms in total. The van der Waals surface area contributed by atoms with E-state index in [4.69, 9.17) is 4.74 Å². The first-order valence-electron chi connectivity index (χ1n) is 4.69. The molecule has 1 aromatic carbocycles. The van der Waals surface area contributed by atoms with Crippen LogP contribution in [0.1, 0.15) is 18.9 Å². The predicted molar refractivity (Wildman–Crippen MR) is 59.8 cm³/mol. The Morgan fingerprint density at radius 1 is 1.38 bits per heavy atom. The Morgan fingerprint density at radius 2 is 2.23 bits per heavy atom. The summed E-state index contributed by atoms with van der Waals surface area (Å²) in [5, 5.41) is 0. The lowest BCUT2D eigenvalue weighted by Gasteiger charge is -2.04. The summed E-state index contributed by atoms with van der Waals surface area (Å²) in [6, 6.07) is 8.27. The van der Waals surface area contributed by atoms with Gasteiger partial charge in [0.15, 0.2) is 0 Å². The van der Waals surface area contributed by atoms with Crippen LogP contribution in [0, 0.1) is 0 Å². The summed E-state index contributed by atoms with van der Waals surface area (Å²) in [4.78, 5) is 0. The molecule has 0 unspecified atom stereocenters. The Labute approximate surface area is 85.5 Å². The van der Waals surface area contributed by atoms with E-state index in [1.807, 2.05) is 19.1 Å². The average Bonchev–Trinajstić information content (AvgIpc) is 2.16. The number of aryl methyl sites for hydroxylation is 1. The zero-order valence-corrected chi connectivity index (χ0v) is 8.89. The molecule has 0 saturated heterocycles. The summed E-state index contributed by atoms with van der Waals surface area (Å²) in [7, 11) is 0. The molecule has 0 fully saturated rings. The van der Waals surface area contributed by atoms with Crippen molar-refractivity contribution < 1.29 is 4.74 Å². The second-order valence-electron chi connectivity index (χ2n) is 2.91. The van der Waals surface area contributed by atoms with Gasteiger partial charge in [-0.1, -0.05) is 12.1 Å². The Morgan fingerprint density at radius 3 is 2.92 bits per heavy atom. The largest absolute Gasteiger partial charge is 0.494 e. The molecule has 0 aliphatic heterocycles. The molecule has 0 atom stereocenters. The first-order chi connectivity index (χ1) is 6.36. The molecular weight excluding hydrogens is 180 g/mol. The molecule has 1 aromatic rings. The normalized spacial score (nSPS) is 10.0. The first kappa shape index (κ1) is 10.5.